The van der Waals surface area contributed by atoms with E-state index in [1.54, 1.807) is 13.8 Å². The second kappa shape index (κ2) is 4.85. The van der Waals surface area contributed by atoms with E-state index < -0.39 is 16.3 Å². The molecule has 0 radical (unpaired) electrons. The molecule has 0 aliphatic rings. The number of nitrogens with one attached hydrogen (secondary N) is 1. The highest BCUT2D eigenvalue weighted by Crippen LogP contribution is 2.15. The van der Waals surface area contributed by atoms with Crippen LogP contribution >= 0.6 is 28.6 Å². The van der Waals surface area contributed by atoms with Crippen molar-refractivity contribution < 1.29 is 14.7 Å². The van der Waals surface area contributed by atoms with Gasteiger partial charge in [0.15, 0.2) is 0 Å². The van der Waals surface area contributed by atoms with Gasteiger partial charge in [-0.25, -0.2) is 4.79 Å². The lowest BCUT2D eigenvalue weighted by Gasteiger charge is -2.19. The Morgan fingerprint density at radius 2 is 2.08 bits per heavy atom. The van der Waals surface area contributed by atoms with E-state index in [4.69, 9.17) is 5.11 Å². The fourth-order valence-electron chi connectivity index (χ4n) is 0.515. The standard InChI is InChI=1S/C7H12BrNO3S/c1-7(2,8)6(12)9-4(3-13)5(10)11/h4,13H,3H2,1-2H3,(H,9,12)(H,10,11)/t4-/m0/s1. The van der Waals surface area contributed by atoms with Crippen molar-refractivity contribution in [1.29, 1.82) is 0 Å². The molecule has 1 amide bonds. The first kappa shape index (κ1) is 12.8. The summed E-state index contributed by atoms with van der Waals surface area (Å²) in [6.07, 6.45) is 0. The van der Waals surface area contributed by atoms with Gasteiger partial charge >= 0.3 is 5.97 Å². The molecular weight excluding hydrogens is 258 g/mol. The third-order valence-corrected chi connectivity index (χ3v) is 2.05. The highest BCUT2D eigenvalue weighted by molar-refractivity contribution is 9.10. The number of alkyl halides is 1. The minimum absolute atomic E-state index is 0.0736. The highest BCUT2D eigenvalue weighted by atomic mass is 79.9. The number of carbonyl (C=O) groups is 2. The van der Waals surface area contributed by atoms with Crippen molar-refractivity contribution in [3.05, 3.63) is 0 Å². The molecule has 0 aromatic carbocycles. The molecule has 0 aromatic rings. The minimum Gasteiger partial charge on any atom is -0.480 e. The zero-order valence-corrected chi connectivity index (χ0v) is 9.85. The van der Waals surface area contributed by atoms with Crippen LogP contribution in [-0.2, 0) is 9.59 Å². The number of halogens is 1. The fourth-order valence-corrected chi connectivity index (χ4v) is 0.877. The van der Waals surface area contributed by atoms with E-state index in [-0.39, 0.29) is 11.7 Å². The average Bonchev–Trinajstić information content (AvgIpc) is 1.96. The number of hydrogen-bond donors (Lipinski definition) is 3. The van der Waals surface area contributed by atoms with Crippen molar-refractivity contribution in [1.82, 2.24) is 5.32 Å². The second-order valence-corrected chi connectivity index (χ2v) is 5.37. The maximum Gasteiger partial charge on any atom is 0.327 e. The number of carboxylic acids is 1. The highest BCUT2D eigenvalue weighted by Gasteiger charge is 2.27. The maximum atomic E-state index is 11.3. The van der Waals surface area contributed by atoms with Crippen LogP contribution < -0.4 is 5.32 Å². The van der Waals surface area contributed by atoms with Gasteiger partial charge in [0.25, 0.3) is 0 Å². The Morgan fingerprint density at radius 3 is 2.31 bits per heavy atom. The summed E-state index contributed by atoms with van der Waals surface area (Å²) in [6.45, 7) is 3.28. The van der Waals surface area contributed by atoms with E-state index in [1.165, 1.54) is 0 Å². The second-order valence-electron chi connectivity index (χ2n) is 3.02. The molecule has 0 spiro atoms. The summed E-state index contributed by atoms with van der Waals surface area (Å²) >= 11 is 6.94. The van der Waals surface area contributed by atoms with Gasteiger partial charge in [-0.1, -0.05) is 15.9 Å². The van der Waals surface area contributed by atoms with Gasteiger partial charge in [-0.3, -0.25) is 4.79 Å². The molecule has 76 valence electrons. The van der Waals surface area contributed by atoms with E-state index in [0.29, 0.717) is 0 Å². The molecule has 0 fully saturated rings. The van der Waals surface area contributed by atoms with Crippen LogP contribution in [0.2, 0.25) is 0 Å². The van der Waals surface area contributed by atoms with Crippen molar-refractivity contribution >= 4 is 40.4 Å². The predicted molar refractivity (Wildman–Crippen MR) is 56.4 cm³/mol. The van der Waals surface area contributed by atoms with Crippen molar-refractivity contribution in [2.75, 3.05) is 5.75 Å². The van der Waals surface area contributed by atoms with Gasteiger partial charge < -0.3 is 10.4 Å². The number of aliphatic carboxylic acids is 1. The molecule has 0 aromatic heterocycles. The van der Waals surface area contributed by atoms with Crippen LogP contribution in [0.3, 0.4) is 0 Å². The first-order chi connectivity index (χ1) is 5.79. The molecule has 4 nitrogen and oxygen atoms in total. The van der Waals surface area contributed by atoms with Crippen LogP contribution in [0.25, 0.3) is 0 Å². The third-order valence-electron chi connectivity index (χ3n) is 1.33. The summed E-state index contributed by atoms with van der Waals surface area (Å²) in [7, 11) is 0. The topological polar surface area (TPSA) is 66.4 Å². The summed E-state index contributed by atoms with van der Waals surface area (Å²) in [5, 5.41) is 11.0. The van der Waals surface area contributed by atoms with Crippen LogP contribution in [0, 0.1) is 0 Å². The fraction of sp³-hybridized carbons (Fsp3) is 0.714. The lowest BCUT2D eigenvalue weighted by molar-refractivity contribution is -0.141. The van der Waals surface area contributed by atoms with Gasteiger partial charge in [0.1, 0.15) is 6.04 Å². The predicted octanol–water partition coefficient (Wildman–Crippen LogP) is 0.659. The molecule has 2 N–H and O–H groups in total. The molecule has 1 atom stereocenters. The average molecular weight is 270 g/mol. The molecule has 0 bridgehead atoms. The molecule has 0 aliphatic heterocycles. The van der Waals surface area contributed by atoms with Gasteiger partial charge in [-0.05, 0) is 13.8 Å². The Balaban J connectivity index is 4.26. The number of thiol groups is 1. The molecule has 6 heteroatoms. The van der Waals surface area contributed by atoms with Crippen molar-refractivity contribution in [2.45, 2.75) is 24.2 Å². The largest absolute Gasteiger partial charge is 0.480 e. The van der Waals surface area contributed by atoms with E-state index in [0.717, 1.165) is 0 Å². The van der Waals surface area contributed by atoms with Crippen LogP contribution in [-0.4, -0.2) is 33.1 Å². The van der Waals surface area contributed by atoms with E-state index in [1.807, 2.05) is 0 Å². The Morgan fingerprint density at radius 1 is 1.62 bits per heavy atom. The maximum absolute atomic E-state index is 11.3. The monoisotopic (exact) mass is 269 g/mol. The SMILES string of the molecule is CC(C)(Br)C(=O)N[C@@H](CS)C(=O)O. The first-order valence-corrected chi connectivity index (χ1v) is 5.05. The van der Waals surface area contributed by atoms with Gasteiger partial charge in [0.05, 0.1) is 4.32 Å². The van der Waals surface area contributed by atoms with E-state index in [2.05, 4.69) is 33.9 Å². The molecule has 13 heavy (non-hydrogen) atoms. The van der Waals surface area contributed by atoms with E-state index in [9.17, 15) is 9.59 Å². The third kappa shape index (κ3) is 4.52. The smallest absolute Gasteiger partial charge is 0.327 e. The zero-order valence-electron chi connectivity index (χ0n) is 7.37. The van der Waals surface area contributed by atoms with Crippen LogP contribution in [0.5, 0.6) is 0 Å². The quantitative estimate of drug-likeness (QED) is 0.519. The van der Waals surface area contributed by atoms with Crippen LogP contribution in [0.15, 0.2) is 0 Å². The van der Waals surface area contributed by atoms with E-state index >= 15 is 0 Å². The van der Waals surface area contributed by atoms with Crippen LogP contribution in [0.1, 0.15) is 13.8 Å². The summed E-state index contributed by atoms with van der Waals surface area (Å²) in [5.74, 6) is -1.38. The van der Waals surface area contributed by atoms with Crippen molar-refractivity contribution in [3.63, 3.8) is 0 Å². The zero-order chi connectivity index (χ0) is 10.6. The van der Waals surface area contributed by atoms with Crippen molar-refractivity contribution in [3.8, 4) is 0 Å². The number of amides is 1. The number of rotatable bonds is 4. The van der Waals surface area contributed by atoms with Crippen molar-refractivity contribution in [2.24, 2.45) is 0 Å². The lowest BCUT2D eigenvalue weighted by Crippen LogP contribution is -2.48. The molecular formula is C7H12BrNO3S. The molecule has 0 saturated carbocycles. The number of carbonyl (C=O) groups excluding carboxylic acids is 1. The Labute approximate surface area is 90.6 Å². The van der Waals surface area contributed by atoms with Gasteiger partial charge in [-0.2, -0.15) is 12.6 Å². The molecule has 0 unspecified atom stereocenters. The Hall–Kier alpha value is -0.230. The summed E-state index contributed by atoms with van der Waals surface area (Å²) < 4.78 is -0.760. The molecule has 0 saturated heterocycles. The molecule has 0 heterocycles. The van der Waals surface area contributed by atoms with Crippen LogP contribution in [0.4, 0.5) is 0 Å². The number of hydrogen-bond acceptors (Lipinski definition) is 3. The Bertz CT molecular complexity index is 214. The minimum atomic E-state index is -1.08. The lowest BCUT2D eigenvalue weighted by atomic mass is 10.2. The summed E-state index contributed by atoms with van der Waals surface area (Å²) in [6, 6.07) is -0.937. The molecule has 0 aliphatic carbocycles. The van der Waals surface area contributed by atoms with Gasteiger partial charge in [-0.15, -0.1) is 0 Å². The normalized spacial score (nSPS) is 13.5. The summed E-state index contributed by atoms with van der Waals surface area (Å²) in [5.41, 5.74) is 0. The number of carboxylic acid groups (broad SMARTS) is 1. The van der Waals surface area contributed by atoms with Gasteiger partial charge in [0, 0.05) is 5.75 Å². The molecule has 0 rings (SSSR count). The Kier molecular flexibility index (Phi) is 4.77. The summed E-state index contributed by atoms with van der Waals surface area (Å²) in [4.78, 5) is 21.8. The first-order valence-electron chi connectivity index (χ1n) is 3.62. The van der Waals surface area contributed by atoms with Gasteiger partial charge in [0.2, 0.25) is 5.91 Å².